The van der Waals surface area contributed by atoms with Crippen molar-refractivity contribution in [3.05, 3.63) is 46.3 Å². The summed E-state index contributed by atoms with van der Waals surface area (Å²) in [5.74, 6) is 0.00917. The number of benzene rings is 1. The average molecular weight is 323 g/mol. The maximum absolute atomic E-state index is 12.2. The number of nitrogens with zero attached hydrogens (tertiary/aromatic N) is 1. The highest BCUT2D eigenvalue weighted by Gasteiger charge is 2.17. The SMILES string of the molecule is Cc1ccc(S(C)(=O)=O)cc1C(=O)OCc1c(C)noc1C. The van der Waals surface area contributed by atoms with Gasteiger partial charge in [-0.15, -0.1) is 0 Å². The summed E-state index contributed by atoms with van der Waals surface area (Å²) in [6.07, 6.45) is 1.09. The first-order valence-corrected chi connectivity index (χ1v) is 8.49. The Morgan fingerprint density at radius 2 is 1.95 bits per heavy atom. The van der Waals surface area contributed by atoms with Crippen LogP contribution in [0, 0.1) is 20.8 Å². The van der Waals surface area contributed by atoms with Crippen LogP contribution in [0.3, 0.4) is 0 Å². The van der Waals surface area contributed by atoms with Crippen molar-refractivity contribution in [2.75, 3.05) is 6.26 Å². The fourth-order valence-electron chi connectivity index (χ4n) is 1.98. The number of esters is 1. The molecule has 0 saturated carbocycles. The lowest BCUT2D eigenvalue weighted by atomic mass is 10.1. The summed E-state index contributed by atoms with van der Waals surface area (Å²) in [5, 5.41) is 3.79. The van der Waals surface area contributed by atoms with Crippen molar-refractivity contribution in [1.29, 1.82) is 0 Å². The van der Waals surface area contributed by atoms with Gasteiger partial charge in [-0.3, -0.25) is 0 Å². The van der Waals surface area contributed by atoms with Crippen LogP contribution in [0.1, 0.15) is 32.9 Å². The van der Waals surface area contributed by atoms with Crippen LogP contribution < -0.4 is 0 Å². The van der Waals surface area contributed by atoms with Gasteiger partial charge in [0.25, 0.3) is 0 Å². The van der Waals surface area contributed by atoms with Crippen molar-refractivity contribution < 1.29 is 22.5 Å². The minimum atomic E-state index is -3.38. The molecule has 1 heterocycles. The predicted octanol–water partition coefficient (Wildman–Crippen LogP) is 2.36. The first-order chi connectivity index (χ1) is 10.2. The van der Waals surface area contributed by atoms with Crippen LogP contribution in [-0.4, -0.2) is 25.8 Å². The van der Waals surface area contributed by atoms with Gasteiger partial charge in [0.05, 0.1) is 21.7 Å². The van der Waals surface area contributed by atoms with Gasteiger partial charge < -0.3 is 9.26 Å². The van der Waals surface area contributed by atoms with Crippen molar-refractivity contribution in [3.8, 4) is 0 Å². The monoisotopic (exact) mass is 323 g/mol. The largest absolute Gasteiger partial charge is 0.457 e. The molecule has 0 amide bonds. The third-order valence-electron chi connectivity index (χ3n) is 3.39. The molecule has 0 unspecified atom stereocenters. The fraction of sp³-hybridized carbons (Fsp3) is 0.333. The van der Waals surface area contributed by atoms with Gasteiger partial charge in [-0.1, -0.05) is 11.2 Å². The number of carbonyl (C=O) groups is 1. The maximum Gasteiger partial charge on any atom is 0.338 e. The van der Waals surface area contributed by atoms with E-state index in [1.165, 1.54) is 12.1 Å². The second-order valence-electron chi connectivity index (χ2n) is 5.13. The quantitative estimate of drug-likeness (QED) is 0.803. The van der Waals surface area contributed by atoms with Crippen LogP contribution in [0.2, 0.25) is 0 Å². The highest BCUT2D eigenvalue weighted by molar-refractivity contribution is 7.90. The number of aromatic nitrogens is 1. The van der Waals surface area contributed by atoms with E-state index in [0.29, 0.717) is 22.6 Å². The molecule has 0 aliphatic heterocycles. The number of hydrogen-bond donors (Lipinski definition) is 0. The van der Waals surface area contributed by atoms with E-state index in [-0.39, 0.29) is 17.1 Å². The maximum atomic E-state index is 12.2. The van der Waals surface area contributed by atoms with E-state index >= 15 is 0 Å². The van der Waals surface area contributed by atoms with E-state index in [1.54, 1.807) is 26.8 Å². The summed E-state index contributed by atoms with van der Waals surface area (Å²) in [4.78, 5) is 12.3. The van der Waals surface area contributed by atoms with Crippen molar-refractivity contribution in [3.63, 3.8) is 0 Å². The van der Waals surface area contributed by atoms with Crippen LogP contribution in [-0.2, 0) is 21.2 Å². The smallest absolute Gasteiger partial charge is 0.338 e. The lowest BCUT2D eigenvalue weighted by Gasteiger charge is -2.08. The molecule has 6 nitrogen and oxygen atoms in total. The van der Waals surface area contributed by atoms with E-state index in [2.05, 4.69) is 5.16 Å². The molecule has 2 rings (SSSR count). The Bertz CT molecular complexity index is 801. The van der Waals surface area contributed by atoms with Crippen molar-refractivity contribution >= 4 is 15.8 Å². The molecule has 0 saturated heterocycles. The molecule has 0 fully saturated rings. The molecule has 118 valence electrons. The van der Waals surface area contributed by atoms with E-state index in [0.717, 1.165) is 6.26 Å². The molecule has 0 aliphatic carbocycles. The van der Waals surface area contributed by atoms with Gasteiger partial charge >= 0.3 is 5.97 Å². The Morgan fingerprint density at radius 3 is 2.50 bits per heavy atom. The van der Waals surface area contributed by atoms with Gasteiger partial charge in [-0.2, -0.15) is 0 Å². The zero-order valence-corrected chi connectivity index (χ0v) is 13.7. The minimum absolute atomic E-state index is 0.0303. The second-order valence-corrected chi connectivity index (χ2v) is 7.14. The van der Waals surface area contributed by atoms with Crippen molar-refractivity contribution in [2.24, 2.45) is 0 Å². The van der Waals surface area contributed by atoms with Gasteiger partial charge in [-0.25, -0.2) is 13.2 Å². The standard InChI is InChI=1S/C15H17NO5S/c1-9-5-6-12(22(4,18)19)7-13(9)15(17)20-8-14-10(2)16-21-11(14)3/h5-7H,8H2,1-4H3. The number of rotatable bonds is 4. The molecule has 0 spiro atoms. The third-order valence-corrected chi connectivity index (χ3v) is 4.50. The summed E-state index contributed by atoms with van der Waals surface area (Å²) in [6.45, 7) is 5.25. The lowest BCUT2D eigenvalue weighted by Crippen LogP contribution is -2.09. The van der Waals surface area contributed by atoms with Gasteiger partial charge in [-0.05, 0) is 38.5 Å². The van der Waals surface area contributed by atoms with Gasteiger partial charge in [0.15, 0.2) is 9.84 Å². The van der Waals surface area contributed by atoms with E-state index in [9.17, 15) is 13.2 Å². The van der Waals surface area contributed by atoms with Crippen LogP contribution in [0.4, 0.5) is 0 Å². The zero-order chi connectivity index (χ0) is 16.5. The Morgan fingerprint density at radius 1 is 1.27 bits per heavy atom. The molecule has 0 radical (unpaired) electrons. The molecule has 1 aromatic heterocycles. The Labute approximate surface area is 129 Å². The molecular formula is C15H17NO5S. The highest BCUT2D eigenvalue weighted by Crippen LogP contribution is 2.19. The van der Waals surface area contributed by atoms with Gasteiger partial charge in [0, 0.05) is 6.26 Å². The lowest BCUT2D eigenvalue weighted by molar-refractivity contribution is 0.0469. The molecule has 0 N–H and O–H groups in total. The summed E-state index contributed by atoms with van der Waals surface area (Å²) in [6, 6.07) is 4.39. The first-order valence-electron chi connectivity index (χ1n) is 6.59. The second kappa shape index (κ2) is 5.92. The summed E-state index contributed by atoms with van der Waals surface area (Å²) < 4.78 is 33.4. The number of hydrogen-bond acceptors (Lipinski definition) is 6. The molecule has 22 heavy (non-hydrogen) atoms. The average Bonchev–Trinajstić information content (AvgIpc) is 2.74. The molecule has 0 atom stereocenters. The number of sulfone groups is 1. The van der Waals surface area contributed by atoms with Crippen LogP contribution in [0.25, 0.3) is 0 Å². The topological polar surface area (TPSA) is 86.5 Å². The van der Waals surface area contributed by atoms with Gasteiger partial charge in [0.1, 0.15) is 12.4 Å². The summed E-state index contributed by atoms with van der Waals surface area (Å²) in [5.41, 5.74) is 2.25. The molecular weight excluding hydrogens is 306 g/mol. The molecule has 0 aliphatic rings. The normalized spacial score (nSPS) is 11.5. The van der Waals surface area contributed by atoms with Crippen molar-refractivity contribution in [1.82, 2.24) is 5.16 Å². The van der Waals surface area contributed by atoms with Gasteiger partial charge in [0.2, 0.25) is 0 Å². The van der Waals surface area contributed by atoms with E-state index < -0.39 is 15.8 Å². The van der Waals surface area contributed by atoms with E-state index in [1.807, 2.05) is 0 Å². The zero-order valence-electron chi connectivity index (χ0n) is 12.8. The number of carbonyl (C=O) groups excluding carboxylic acids is 1. The van der Waals surface area contributed by atoms with Crippen molar-refractivity contribution in [2.45, 2.75) is 32.3 Å². The molecule has 7 heteroatoms. The van der Waals surface area contributed by atoms with Crippen LogP contribution in [0.5, 0.6) is 0 Å². The predicted molar refractivity (Wildman–Crippen MR) is 79.4 cm³/mol. The Balaban J connectivity index is 2.23. The molecule has 1 aromatic carbocycles. The van der Waals surface area contributed by atoms with Crippen LogP contribution >= 0.6 is 0 Å². The fourth-order valence-corrected chi connectivity index (χ4v) is 2.62. The molecule has 0 bridgehead atoms. The number of ether oxygens (including phenoxy) is 1. The summed E-state index contributed by atoms with van der Waals surface area (Å²) >= 11 is 0. The number of aryl methyl sites for hydroxylation is 3. The summed E-state index contributed by atoms with van der Waals surface area (Å²) in [7, 11) is -3.38. The first kappa shape index (κ1) is 16.2. The minimum Gasteiger partial charge on any atom is -0.457 e. The highest BCUT2D eigenvalue weighted by atomic mass is 32.2. The van der Waals surface area contributed by atoms with E-state index in [4.69, 9.17) is 9.26 Å². The Hall–Kier alpha value is -2.15. The third kappa shape index (κ3) is 3.36. The Kier molecular flexibility index (Phi) is 4.37. The van der Waals surface area contributed by atoms with Crippen LogP contribution in [0.15, 0.2) is 27.6 Å². The molecule has 2 aromatic rings.